The molecule has 0 aliphatic heterocycles. The van der Waals surface area contributed by atoms with Crippen molar-refractivity contribution in [3.8, 4) is 11.5 Å². The Morgan fingerprint density at radius 1 is 1.20 bits per heavy atom. The van der Waals surface area contributed by atoms with Crippen LogP contribution < -0.4 is 14.8 Å². The molecule has 0 saturated heterocycles. The second-order valence-electron chi connectivity index (χ2n) is 5.97. The normalized spacial score (nSPS) is 10.6. The first-order valence-electron chi connectivity index (χ1n) is 7.98. The average Bonchev–Trinajstić information content (AvgIpc) is 2.57. The Bertz CT molecular complexity index is 749. The molecule has 25 heavy (non-hydrogen) atoms. The quantitative estimate of drug-likeness (QED) is 0.736. The summed E-state index contributed by atoms with van der Waals surface area (Å²) in [6.45, 7) is 4.80. The molecular weight excluding hydrogens is 345 g/mol. The lowest BCUT2D eigenvalue weighted by Gasteiger charge is -2.13. The zero-order valence-electron chi connectivity index (χ0n) is 14.4. The van der Waals surface area contributed by atoms with Crippen molar-refractivity contribution in [3.05, 3.63) is 52.8 Å². The Labute approximate surface area is 151 Å². The third kappa shape index (κ3) is 5.36. The van der Waals surface area contributed by atoms with Crippen molar-refractivity contribution in [2.45, 2.75) is 20.3 Å². The number of nitrogens with one attached hydrogen (secondary N) is 1. The molecule has 2 rings (SSSR count). The van der Waals surface area contributed by atoms with Gasteiger partial charge in [-0.3, -0.25) is 4.79 Å². The van der Waals surface area contributed by atoms with Gasteiger partial charge in [-0.05, 0) is 48.7 Å². The van der Waals surface area contributed by atoms with Gasteiger partial charge in [0.05, 0.1) is 19.4 Å². The molecule has 0 radical (unpaired) electrons. The number of carbonyl (C=O) groups is 1. The van der Waals surface area contributed by atoms with Gasteiger partial charge in [0.15, 0.2) is 11.5 Å². The first kappa shape index (κ1) is 19.1. The molecule has 1 amide bonds. The van der Waals surface area contributed by atoms with Gasteiger partial charge in [0.2, 0.25) is 0 Å². The lowest BCUT2D eigenvalue weighted by atomic mass is 10.1. The van der Waals surface area contributed by atoms with Crippen LogP contribution in [0.4, 0.5) is 10.1 Å². The van der Waals surface area contributed by atoms with Gasteiger partial charge < -0.3 is 14.8 Å². The summed E-state index contributed by atoms with van der Waals surface area (Å²) in [4.78, 5) is 12.3. The second-order valence-corrected chi connectivity index (χ2v) is 6.41. The first-order valence-corrected chi connectivity index (χ1v) is 8.35. The minimum absolute atomic E-state index is 0.0608. The molecule has 6 heteroatoms. The molecule has 2 aromatic rings. The number of rotatable bonds is 7. The lowest BCUT2D eigenvalue weighted by molar-refractivity contribution is 0.102. The topological polar surface area (TPSA) is 47.6 Å². The smallest absolute Gasteiger partial charge is 0.255 e. The molecule has 0 unspecified atom stereocenters. The van der Waals surface area contributed by atoms with E-state index in [1.807, 2.05) is 0 Å². The van der Waals surface area contributed by atoms with Gasteiger partial charge in [-0.1, -0.05) is 25.4 Å². The van der Waals surface area contributed by atoms with Gasteiger partial charge >= 0.3 is 0 Å². The number of carbonyl (C=O) groups excluding carboxylic acids is 1. The van der Waals surface area contributed by atoms with E-state index in [0.29, 0.717) is 29.6 Å². The van der Waals surface area contributed by atoms with Gasteiger partial charge in [-0.15, -0.1) is 0 Å². The van der Waals surface area contributed by atoms with Crippen molar-refractivity contribution in [1.29, 1.82) is 0 Å². The number of hydrogen-bond donors (Lipinski definition) is 1. The SMILES string of the molecule is COc1cc(C(=O)Nc2ccc(Cl)cc2F)ccc1OCCC(C)C. The Balaban J connectivity index is 2.11. The molecule has 0 aliphatic carbocycles. The van der Waals surface area contributed by atoms with Gasteiger partial charge in [0, 0.05) is 10.6 Å². The number of benzene rings is 2. The van der Waals surface area contributed by atoms with E-state index in [1.165, 1.54) is 19.2 Å². The second kappa shape index (κ2) is 8.72. The number of ether oxygens (including phenoxy) is 2. The van der Waals surface area contributed by atoms with Crippen LogP contribution in [0.1, 0.15) is 30.6 Å². The van der Waals surface area contributed by atoms with E-state index in [9.17, 15) is 9.18 Å². The first-order chi connectivity index (χ1) is 11.9. The van der Waals surface area contributed by atoms with E-state index in [0.717, 1.165) is 12.5 Å². The fourth-order valence-corrected chi connectivity index (χ4v) is 2.28. The van der Waals surface area contributed by atoms with Crippen molar-refractivity contribution in [3.63, 3.8) is 0 Å². The third-order valence-electron chi connectivity index (χ3n) is 3.56. The van der Waals surface area contributed by atoms with Crippen LogP contribution >= 0.6 is 11.6 Å². The summed E-state index contributed by atoms with van der Waals surface area (Å²) in [6.07, 6.45) is 0.918. The summed E-state index contributed by atoms with van der Waals surface area (Å²) >= 11 is 5.71. The van der Waals surface area contributed by atoms with E-state index in [1.54, 1.807) is 18.2 Å². The van der Waals surface area contributed by atoms with Crippen LogP contribution in [0.5, 0.6) is 11.5 Å². The highest BCUT2D eigenvalue weighted by Crippen LogP contribution is 2.29. The van der Waals surface area contributed by atoms with Gasteiger partial charge in [-0.2, -0.15) is 0 Å². The van der Waals surface area contributed by atoms with Crippen molar-refractivity contribution >= 4 is 23.2 Å². The predicted octanol–water partition coefficient (Wildman–Crippen LogP) is 5.16. The highest BCUT2D eigenvalue weighted by atomic mass is 35.5. The average molecular weight is 366 g/mol. The van der Waals surface area contributed by atoms with Crippen molar-refractivity contribution < 1.29 is 18.7 Å². The summed E-state index contributed by atoms with van der Waals surface area (Å²) < 4.78 is 24.8. The zero-order valence-corrected chi connectivity index (χ0v) is 15.2. The van der Waals surface area contributed by atoms with Crippen LogP contribution in [0.2, 0.25) is 5.02 Å². The summed E-state index contributed by atoms with van der Waals surface area (Å²) in [5, 5.41) is 2.78. The largest absolute Gasteiger partial charge is 0.493 e. The highest BCUT2D eigenvalue weighted by Gasteiger charge is 2.13. The van der Waals surface area contributed by atoms with Crippen LogP contribution in [0.25, 0.3) is 0 Å². The molecule has 4 nitrogen and oxygen atoms in total. The maximum absolute atomic E-state index is 13.8. The maximum Gasteiger partial charge on any atom is 0.255 e. The van der Waals surface area contributed by atoms with Crippen LogP contribution in [0.3, 0.4) is 0 Å². The summed E-state index contributed by atoms with van der Waals surface area (Å²) in [6, 6.07) is 8.91. The number of halogens is 2. The molecular formula is C19H21ClFNO3. The van der Waals surface area contributed by atoms with Gasteiger partial charge in [0.1, 0.15) is 5.82 Å². The molecule has 0 atom stereocenters. The van der Waals surface area contributed by atoms with E-state index in [4.69, 9.17) is 21.1 Å². The van der Waals surface area contributed by atoms with E-state index in [2.05, 4.69) is 19.2 Å². The van der Waals surface area contributed by atoms with E-state index >= 15 is 0 Å². The number of anilines is 1. The Morgan fingerprint density at radius 2 is 1.96 bits per heavy atom. The Hall–Kier alpha value is -2.27. The summed E-state index contributed by atoms with van der Waals surface area (Å²) in [5.41, 5.74) is 0.396. The van der Waals surface area contributed by atoms with Crippen LogP contribution in [0, 0.1) is 11.7 Å². The molecule has 0 heterocycles. The van der Waals surface area contributed by atoms with E-state index in [-0.39, 0.29) is 10.7 Å². The van der Waals surface area contributed by atoms with E-state index < -0.39 is 11.7 Å². The van der Waals surface area contributed by atoms with Crippen molar-refractivity contribution in [1.82, 2.24) is 0 Å². The summed E-state index contributed by atoms with van der Waals surface area (Å²) in [7, 11) is 1.51. The molecule has 0 bridgehead atoms. The minimum Gasteiger partial charge on any atom is -0.493 e. The Kier molecular flexibility index (Phi) is 6.65. The number of methoxy groups -OCH3 is 1. The van der Waals surface area contributed by atoms with Crippen LogP contribution in [-0.2, 0) is 0 Å². The minimum atomic E-state index is -0.596. The summed E-state index contributed by atoms with van der Waals surface area (Å²) in [5.74, 6) is 0.505. The Morgan fingerprint density at radius 3 is 2.60 bits per heavy atom. The van der Waals surface area contributed by atoms with Gasteiger partial charge in [0.25, 0.3) is 5.91 Å². The number of amides is 1. The molecule has 0 aliphatic rings. The van der Waals surface area contributed by atoms with Crippen LogP contribution in [0.15, 0.2) is 36.4 Å². The van der Waals surface area contributed by atoms with Crippen LogP contribution in [-0.4, -0.2) is 19.6 Å². The fourth-order valence-electron chi connectivity index (χ4n) is 2.12. The predicted molar refractivity (Wildman–Crippen MR) is 97.3 cm³/mol. The lowest BCUT2D eigenvalue weighted by Crippen LogP contribution is -2.13. The molecule has 0 saturated carbocycles. The molecule has 0 spiro atoms. The highest BCUT2D eigenvalue weighted by molar-refractivity contribution is 6.30. The molecule has 134 valence electrons. The molecule has 2 aromatic carbocycles. The standard InChI is InChI=1S/C19H21ClFNO3/c1-12(2)8-9-25-17-7-4-13(10-18(17)24-3)19(23)22-16-6-5-14(20)11-15(16)21/h4-7,10-12H,8-9H2,1-3H3,(H,22,23). The molecule has 0 aromatic heterocycles. The fraction of sp³-hybridized carbons (Fsp3) is 0.316. The third-order valence-corrected chi connectivity index (χ3v) is 3.79. The zero-order chi connectivity index (χ0) is 18.4. The number of hydrogen-bond acceptors (Lipinski definition) is 3. The van der Waals surface area contributed by atoms with Crippen molar-refractivity contribution in [2.24, 2.45) is 5.92 Å². The van der Waals surface area contributed by atoms with Gasteiger partial charge in [-0.25, -0.2) is 4.39 Å². The molecule has 1 N–H and O–H groups in total. The molecule has 0 fully saturated rings. The van der Waals surface area contributed by atoms with Crippen molar-refractivity contribution in [2.75, 3.05) is 19.0 Å². The maximum atomic E-state index is 13.8. The monoisotopic (exact) mass is 365 g/mol.